The highest BCUT2D eigenvalue weighted by atomic mass is 16.5. The summed E-state index contributed by atoms with van der Waals surface area (Å²) in [6.45, 7) is 3.18. The van der Waals surface area contributed by atoms with Gasteiger partial charge < -0.3 is 15.8 Å². The number of guanidine groups is 1. The Morgan fingerprint density at radius 2 is 1.76 bits per heavy atom. The van der Waals surface area contributed by atoms with Crippen LogP contribution < -0.4 is 11.1 Å². The molecule has 4 nitrogen and oxygen atoms in total. The van der Waals surface area contributed by atoms with E-state index in [0.29, 0.717) is 23.5 Å². The molecule has 21 heavy (non-hydrogen) atoms. The molecule has 2 rings (SSSR count). The van der Waals surface area contributed by atoms with Gasteiger partial charge in [0.25, 0.3) is 0 Å². The van der Waals surface area contributed by atoms with E-state index < -0.39 is 0 Å². The smallest absolute Gasteiger partial charge is 0.188 e. The molecule has 0 aromatic heterocycles. The van der Waals surface area contributed by atoms with Crippen LogP contribution in [0.15, 0.2) is 4.99 Å². The van der Waals surface area contributed by atoms with Crippen LogP contribution in [-0.2, 0) is 4.74 Å². The third kappa shape index (κ3) is 5.50. The fraction of sp³-hybridized carbons (Fsp3) is 0.941. The summed E-state index contributed by atoms with van der Waals surface area (Å²) < 4.78 is 5.45. The molecule has 2 aliphatic carbocycles. The molecule has 2 fully saturated rings. The van der Waals surface area contributed by atoms with Crippen molar-refractivity contribution in [3.8, 4) is 0 Å². The zero-order valence-electron chi connectivity index (χ0n) is 13.9. The lowest BCUT2D eigenvalue weighted by Crippen LogP contribution is -2.41. The van der Waals surface area contributed by atoms with Crippen LogP contribution in [0.2, 0.25) is 0 Å². The van der Waals surface area contributed by atoms with E-state index in [1.54, 1.807) is 0 Å². The number of rotatable bonds is 4. The number of nitrogens with two attached hydrogens (primary N) is 1. The topological polar surface area (TPSA) is 59.6 Å². The lowest BCUT2D eigenvalue weighted by atomic mass is 9.75. The van der Waals surface area contributed by atoms with E-state index >= 15 is 0 Å². The van der Waals surface area contributed by atoms with Crippen molar-refractivity contribution < 1.29 is 4.74 Å². The number of methoxy groups -OCH3 is 1. The summed E-state index contributed by atoms with van der Waals surface area (Å²) in [6.07, 6.45) is 13.0. The number of ether oxygens (including phenoxy) is 1. The molecule has 0 heterocycles. The van der Waals surface area contributed by atoms with Gasteiger partial charge in [0.15, 0.2) is 5.96 Å². The molecule has 2 saturated carbocycles. The zero-order valence-corrected chi connectivity index (χ0v) is 13.9. The maximum absolute atomic E-state index is 6.10. The normalized spacial score (nSPS) is 32.7. The molecule has 0 amide bonds. The monoisotopic (exact) mass is 295 g/mol. The largest absolute Gasteiger partial charge is 0.381 e. The first-order valence-electron chi connectivity index (χ1n) is 8.70. The first-order chi connectivity index (χ1) is 10.1. The van der Waals surface area contributed by atoms with Crippen molar-refractivity contribution in [2.75, 3.05) is 13.7 Å². The maximum atomic E-state index is 6.10. The predicted octanol–water partition coefficient (Wildman–Crippen LogP) is 3.21. The fourth-order valence-electron chi connectivity index (χ4n) is 3.64. The van der Waals surface area contributed by atoms with Crippen LogP contribution in [0, 0.1) is 5.41 Å². The van der Waals surface area contributed by atoms with Crippen molar-refractivity contribution in [3.05, 3.63) is 0 Å². The molecule has 0 saturated heterocycles. The molecular formula is C17H33N3O. The number of hydrogen-bond acceptors (Lipinski definition) is 2. The van der Waals surface area contributed by atoms with E-state index in [0.717, 1.165) is 19.4 Å². The van der Waals surface area contributed by atoms with Crippen molar-refractivity contribution in [2.45, 2.75) is 83.3 Å². The Balaban J connectivity index is 1.76. The molecule has 0 bridgehead atoms. The standard InChI is InChI=1S/C17H33N3O/c1-17(11-9-15(21-2)10-12-17)13-19-16(18)20-14-7-5-3-4-6-8-14/h14-15H,3-13H2,1-2H3,(H3,18,19,20). The first kappa shape index (κ1) is 16.6. The molecule has 0 spiro atoms. The van der Waals surface area contributed by atoms with Crippen LogP contribution in [0.5, 0.6) is 0 Å². The highest BCUT2D eigenvalue weighted by Gasteiger charge is 2.31. The summed E-state index contributed by atoms with van der Waals surface area (Å²) >= 11 is 0. The Bertz CT molecular complexity index is 327. The number of aliphatic imine (C=N–C) groups is 1. The fourth-order valence-corrected chi connectivity index (χ4v) is 3.64. The summed E-state index contributed by atoms with van der Waals surface area (Å²) in [6, 6.07) is 0.535. The number of hydrogen-bond donors (Lipinski definition) is 2. The minimum atomic E-state index is 0.296. The van der Waals surface area contributed by atoms with Gasteiger partial charge in [0.05, 0.1) is 6.10 Å². The Hall–Kier alpha value is -0.770. The van der Waals surface area contributed by atoms with Crippen LogP contribution in [-0.4, -0.2) is 31.8 Å². The molecule has 2 aliphatic rings. The van der Waals surface area contributed by atoms with E-state index in [4.69, 9.17) is 10.5 Å². The third-order valence-electron chi connectivity index (χ3n) is 5.31. The van der Waals surface area contributed by atoms with Crippen LogP contribution in [0.3, 0.4) is 0 Å². The van der Waals surface area contributed by atoms with Gasteiger partial charge in [-0.25, -0.2) is 0 Å². The number of nitrogens with zero attached hydrogens (tertiary/aromatic N) is 1. The summed E-state index contributed by atoms with van der Waals surface area (Å²) in [5.41, 5.74) is 6.40. The van der Waals surface area contributed by atoms with Gasteiger partial charge in [-0.05, 0) is 43.9 Å². The van der Waals surface area contributed by atoms with Crippen molar-refractivity contribution in [2.24, 2.45) is 16.1 Å². The van der Waals surface area contributed by atoms with Gasteiger partial charge in [0, 0.05) is 19.7 Å². The third-order valence-corrected chi connectivity index (χ3v) is 5.31. The SMILES string of the molecule is COC1CCC(C)(CN=C(N)NC2CCCCCC2)CC1. The van der Waals surface area contributed by atoms with Gasteiger partial charge in [-0.2, -0.15) is 0 Å². The zero-order chi connectivity index (χ0) is 15.1. The summed E-state index contributed by atoms with van der Waals surface area (Å²) in [5.74, 6) is 0.650. The van der Waals surface area contributed by atoms with E-state index in [1.807, 2.05) is 7.11 Å². The van der Waals surface area contributed by atoms with Gasteiger partial charge in [-0.15, -0.1) is 0 Å². The average molecular weight is 295 g/mol. The lowest BCUT2D eigenvalue weighted by molar-refractivity contribution is 0.0352. The maximum Gasteiger partial charge on any atom is 0.188 e. The second-order valence-corrected chi connectivity index (χ2v) is 7.28. The molecule has 0 unspecified atom stereocenters. The summed E-state index contributed by atoms with van der Waals surface area (Å²) in [4.78, 5) is 4.64. The van der Waals surface area contributed by atoms with Gasteiger partial charge in [-0.3, -0.25) is 4.99 Å². The summed E-state index contributed by atoms with van der Waals surface area (Å²) in [5, 5.41) is 3.44. The quantitative estimate of drug-likeness (QED) is 0.475. The van der Waals surface area contributed by atoms with Crippen molar-refractivity contribution in [3.63, 3.8) is 0 Å². The second kappa shape index (κ2) is 8.02. The molecule has 4 heteroatoms. The van der Waals surface area contributed by atoms with Crippen molar-refractivity contribution >= 4 is 5.96 Å². The van der Waals surface area contributed by atoms with Crippen molar-refractivity contribution in [1.29, 1.82) is 0 Å². The van der Waals surface area contributed by atoms with E-state index in [2.05, 4.69) is 17.2 Å². The predicted molar refractivity (Wildman–Crippen MR) is 88.5 cm³/mol. The van der Waals surface area contributed by atoms with Gasteiger partial charge >= 0.3 is 0 Å². The van der Waals surface area contributed by atoms with E-state index in [9.17, 15) is 0 Å². The number of nitrogens with one attached hydrogen (secondary N) is 1. The lowest BCUT2D eigenvalue weighted by Gasteiger charge is -2.35. The van der Waals surface area contributed by atoms with Gasteiger partial charge in [0.2, 0.25) is 0 Å². The highest BCUT2D eigenvalue weighted by molar-refractivity contribution is 5.78. The summed E-state index contributed by atoms with van der Waals surface area (Å²) in [7, 11) is 1.82. The minimum absolute atomic E-state index is 0.296. The molecule has 3 N–H and O–H groups in total. The molecule has 0 aromatic rings. The minimum Gasteiger partial charge on any atom is -0.381 e. The van der Waals surface area contributed by atoms with E-state index in [-0.39, 0.29) is 0 Å². The highest BCUT2D eigenvalue weighted by Crippen LogP contribution is 2.37. The first-order valence-corrected chi connectivity index (χ1v) is 8.70. The van der Waals surface area contributed by atoms with Crippen molar-refractivity contribution in [1.82, 2.24) is 5.32 Å². The molecule has 122 valence electrons. The molecule has 0 radical (unpaired) electrons. The molecule has 0 atom stereocenters. The Labute approximate surface area is 129 Å². The van der Waals surface area contributed by atoms with Crippen LogP contribution in [0.4, 0.5) is 0 Å². The van der Waals surface area contributed by atoms with Crippen LogP contribution >= 0.6 is 0 Å². The average Bonchev–Trinajstić information content (AvgIpc) is 2.75. The molecule has 0 aliphatic heterocycles. The van der Waals surface area contributed by atoms with Crippen LogP contribution in [0.25, 0.3) is 0 Å². The molecular weight excluding hydrogens is 262 g/mol. The van der Waals surface area contributed by atoms with Crippen LogP contribution in [0.1, 0.15) is 71.1 Å². The second-order valence-electron chi connectivity index (χ2n) is 7.28. The Morgan fingerprint density at radius 3 is 2.33 bits per heavy atom. The Morgan fingerprint density at radius 1 is 1.14 bits per heavy atom. The van der Waals surface area contributed by atoms with Gasteiger partial charge in [-0.1, -0.05) is 32.6 Å². The van der Waals surface area contributed by atoms with Gasteiger partial charge in [0.1, 0.15) is 0 Å². The Kier molecular flexibility index (Phi) is 6.34. The van der Waals surface area contributed by atoms with E-state index in [1.165, 1.54) is 51.4 Å². The molecule has 0 aromatic carbocycles.